The average Bonchev–Trinajstić information content (AvgIpc) is 2.71. The summed E-state index contributed by atoms with van der Waals surface area (Å²) in [6.07, 6.45) is 7.84. The van der Waals surface area contributed by atoms with Crippen LogP contribution >= 0.6 is 0 Å². The molecule has 0 aliphatic heterocycles. The molecule has 0 radical (unpaired) electrons. The molecule has 0 atom stereocenters. The largest absolute Gasteiger partial charge is 0.394 e. The van der Waals surface area contributed by atoms with Gasteiger partial charge in [-0.3, -0.25) is 4.40 Å². The topological polar surface area (TPSA) is 29.3 Å². The van der Waals surface area contributed by atoms with E-state index in [1.54, 1.807) is 0 Å². The lowest BCUT2D eigenvalue weighted by Gasteiger charge is -1.98. The highest BCUT2D eigenvalue weighted by Crippen LogP contribution is 2.09. The third kappa shape index (κ3) is 2.63. The monoisotopic (exact) mass is 217 g/mol. The second-order valence-corrected chi connectivity index (χ2v) is 3.24. The number of rotatable bonds is 2. The van der Waals surface area contributed by atoms with Gasteiger partial charge in [0.15, 0.2) is 0 Å². The number of nitrogens with one attached hydrogen (secondary N) is 1. The van der Waals surface area contributed by atoms with E-state index in [9.17, 15) is 0 Å². The minimum Gasteiger partial charge on any atom is -0.394 e. The minimum atomic E-state index is 0.978. The van der Waals surface area contributed by atoms with Crippen LogP contribution in [0.3, 0.4) is 0 Å². The molecule has 0 spiro atoms. The van der Waals surface area contributed by atoms with E-state index in [0.29, 0.717) is 0 Å². The molecule has 3 nitrogen and oxygen atoms in total. The van der Waals surface area contributed by atoms with Gasteiger partial charge in [0.1, 0.15) is 5.65 Å². The van der Waals surface area contributed by atoms with E-state index in [4.69, 9.17) is 0 Å². The number of nitrogens with zero attached hydrogens (tertiary/aromatic N) is 2. The zero-order chi connectivity index (χ0) is 12.0. The van der Waals surface area contributed by atoms with Gasteiger partial charge in [-0.1, -0.05) is 19.9 Å². The molecule has 16 heavy (non-hydrogen) atoms. The van der Waals surface area contributed by atoms with Gasteiger partial charge in [0.2, 0.25) is 0 Å². The van der Waals surface area contributed by atoms with E-state index in [2.05, 4.69) is 33.9 Å². The second kappa shape index (κ2) is 5.95. The van der Waals surface area contributed by atoms with Crippen molar-refractivity contribution in [2.45, 2.75) is 20.8 Å². The van der Waals surface area contributed by atoms with Crippen molar-refractivity contribution in [2.24, 2.45) is 0 Å². The van der Waals surface area contributed by atoms with E-state index in [1.165, 1.54) is 5.56 Å². The SMILES string of the molecule is CC.CN/C=C/c1cnc2ccc(C)cn12. The molecule has 2 aromatic heterocycles. The Hall–Kier alpha value is -1.77. The highest BCUT2D eigenvalue weighted by molar-refractivity contribution is 5.52. The number of fused-ring (bicyclic) bond motifs is 1. The van der Waals surface area contributed by atoms with Gasteiger partial charge in [0.05, 0.1) is 11.9 Å². The van der Waals surface area contributed by atoms with E-state index in [1.807, 2.05) is 45.4 Å². The molecule has 0 aromatic carbocycles. The molecule has 0 saturated carbocycles. The minimum absolute atomic E-state index is 0.978. The summed E-state index contributed by atoms with van der Waals surface area (Å²) < 4.78 is 2.07. The third-order valence-corrected chi connectivity index (χ3v) is 2.10. The van der Waals surface area contributed by atoms with Crippen LogP contribution < -0.4 is 5.32 Å². The Balaban J connectivity index is 0.000000606. The highest BCUT2D eigenvalue weighted by atomic mass is 15.0. The second-order valence-electron chi connectivity index (χ2n) is 3.24. The molecule has 0 saturated heterocycles. The van der Waals surface area contributed by atoms with Crippen LogP contribution in [0, 0.1) is 6.92 Å². The van der Waals surface area contributed by atoms with E-state index < -0.39 is 0 Å². The first kappa shape index (κ1) is 12.3. The fourth-order valence-corrected chi connectivity index (χ4v) is 1.40. The molecule has 0 bridgehead atoms. The molecule has 2 rings (SSSR count). The van der Waals surface area contributed by atoms with Crippen molar-refractivity contribution in [2.75, 3.05) is 7.05 Å². The first-order valence-corrected chi connectivity index (χ1v) is 5.59. The summed E-state index contributed by atoms with van der Waals surface area (Å²) in [5, 5.41) is 2.96. The zero-order valence-electron chi connectivity index (χ0n) is 10.4. The van der Waals surface area contributed by atoms with Gasteiger partial charge in [-0.2, -0.15) is 0 Å². The van der Waals surface area contributed by atoms with E-state index >= 15 is 0 Å². The van der Waals surface area contributed by atoms with Crippen molar-refractivity contribution >= 4 is 11.7 Å². The maximum absolute atomic E-state index is 4.30. The summed E-state index contributed by atoms with van der Waals surface area (Å²) >= 11 is 0. The molecular formula is C13H19N3. The summed E-state index contributed by atoms with van der Waals surface area (Å²) in [6.45, 7) is 6.07. The Kier molecular flexibility index (Phi) is 4.58. The molecule has 3 heteroatoms. The van der Waals surface area contributed by atoms with Crippen LogP contribution in [0.4, 0.5) is 0 Å². The number of hydrogen-bond donors (Lipinski definition) is 1. The lowest BCUT2D eigenvalue weighted by Crippen LogP contribution is -1.92. The number of aromatic nitrogens is 2. The van der Waals surface area contributed by atoms with Crippen LogP contribution in [0.1, 0.15) is 25.1 Å². The maximum atomic E-state index is 4.30. The Morgan fingerprint density at radius 2 is 2.06 bits per heavy atom. The Bertz CT molecular complexity index is 469. The van der Waals surface area contributed by atoms with Gasteiger partial charge in [-0.25, -0.2) is 4.98 Å². The predicted octanol–water partition coefficient (Wildman–Crippen LogP) is 2.86. The standard InChI is InChI=1S/C11H13N3.C2H6/c1-9-3-4-11-13-7-10(5-6-12-2)14(11)8-9;1-2/h3-8,12H,1-2H3;1-2H3/b6-5+;. The van der Waals surface area contributed by atoms with Gasteiger partial charge in [0.25, 0.3) is 0 Å². The smallest absolute Gasteiger partial charge is 0.137 e. The molecule has 0 amide bonds. The summed E-state index contributed by atoms with van der Waals surface area (Å²) in [5.41, 5.74) is 3.29. The van der Waals surface area contributed by atoms with Crippen molar-refractivity contribution in [3.05, 3.63) is 42.0 Å². The molecular weight excluding hydrogens is 198 g/mol. The molecule has 2 aromatic rings. The fraction of sp³-hybridized carbons (Fsp3) is 0.308. The number of imidazole rings is 1. The zero-order valence-corrected chi connectivity index (χ0v) is 10.4. The van der Waals surface area contributed by atoms with E-state index in [0.717, 1.165) is 11.3 Å². The fourth-order valence-electron chi connectivity index (χ4n) is 1.40. The molecule has 0 aliphatic carbocycles. The summed E-state index contributed by atoms with van der Waals surface area (Å²) in [7, 11) is 1.88. The molecule has 0 fully saturated rings. The highest BCUT2D eigenvalue weighted by Gasteiger charge is 1.98. The van der Waals surface area contributed by atoms with Crippen molar-refractivity contribution in [1.82, 2.24) is 14.7 Å². The Morgan fingerprint density at radius 3 is 2.75 bits per heavy atom. The van der Waals surface area contributed by atoms with Crippen molar-refractivity contribution < 1.29 is 0 Å². The van der Waals surface area contributed by atoms with Gasteiger partial charge >= 0.3 is 0 Å². The number of hydrogen-bond acceptors (Lipinski definition) is 2. The average molecular weight is 217 g/mol. The van der Waals surface area contributed by atoms with Crippen molar-refractivity contribution in [1.29, 1.82) is 0 Å². The molecule has 0 unspecified atom stereocenters. The van der Waals surface area contributed by atoms with Crippen LogP contribution in [-0.2, 0) is 0 Å². The number of pyridine rings is 1. The van der Waals surface area contributed by atoms with Crippen molar-refractivity contribution in [3.8, 4) is 0 Å². The van der Waals surface area contributed by atoms with Crippen LogP contribution in [0.15, 0.2) is 30.7 Å². The van der Waals surface area contributed by atoms with Crippen molar-refractivity contribution in [3.63, 3.8) is 0 Å². The normalized spacial score (nSPS) is 10.2. The molecule has 0 aliphatic rings. The summed E-state index contributed by atoms with van der Waals surface area (Å²) in [4.78, 5) is 4.30. The Labute approximate surface area is 96.8 Å². The molecule has 1 N–H and O–H groups in total. The third-order valence-electron chi connectivity index (χ3n) is 2.10. The van der Waals surface area contributed by atoms with Crippen LogP contribution in [0.25, 0.3) is 11.7 Å². The first-order chi connectivity index (χ1) is 7.81. The van der Waals surface area contributed by atoms with Gasteiger partial charge in [-0.05, 0) is 30.8 Å². The van der Waals surface area contributed by atoms with Crippen LogP contribution in [0.2, 0.25) is 0 Å². The lowest BCUT2D eigenvalue weighted by molar-refractivity contribution is 1.10. The van der Waals surface area contributed by atoms with Gasteiger partial charge in [0, 0.05) is 13.2 Å². The quantitative estimate of drug-likeness (QED) is 0.838. The predicted molar refractivity (Wildman–Crippen MR) is 69.4 cm³/mol. The van der Waals surface area contributed by atoms with Gasteiger partial charge < -0.3 is 5.32 Å². The Morgan fingerprint density at radius 1 is 1.31 bits per heavy atom. The summed E-state index contributed by atoms with van der Waals surface area (Å²) in [6, 6.07) is 4.08. The van der Waals surface area contributed by atoms with Crippen LogP contribution in [0.5, 0.6) is 0 Å². The lowest BCUT2D eigenvalue weighted by atomic mass is 10.3. The number of aryl methyl sites for hydroxylation is 1. The van der Waals surface area contributed by atoms with Gasteiger partial charge in [-0.15, -0.1) is 0 Å². The van der Waals surface area contributed by atoms with E-state index in [-0.39, 0.29) is 0 Å². The molecule has 2 heterocycles. The van der Waals surface area contributed by atoms with Crippen LogP contribution in [-0.4, -0.2) is 16.4 Å². The molecule has 86 valence electrons. The maximum Gasteiger partial charge on any atom is 0.137 e. The summed E-state index contributed by atoms with van der Waals surface area (Å²) in [5.74, 6) is 0. The first-order valence-electron chi connectivity index (χ1n) is 5.59.